The van der Waals surface area contributed by atoms with Crippen molar-refractivity contribution in [1.82, 2.24) is 4.98 Å². The molecule has 1 aliphatic heterocycles. The lowest BCUT2D eigenvalue weighted by molar-refractivity contribution is 0.685. The molecule has 0 spiro atoms. The Morgan fingerprint density at radius 1 is 1.53 bits per heavy atom. The number of pyridine rings is 1. The first-order chi connectivity index (χ1) is 8.13. The molecule has 0 saturated carbocycles. The summed E-state index contributed by atoms with van der Waals surface area (Å²) in [5, 5.41) is 0. The quantitative estimate of drug-likeness (QED) is 0.767. The molecule has 1 aliphatic rings. The lowest BCUT2D eigenvalue weighted by Crippen LogP contribution is -2.41. The van der Waals surface area contributed by atoms with Crippen molar-refractivity contribution in [3.63, 3.8) is 0 Å². The number of thioether (sulfide) groups is 1. The molecule has 0 amide bonds. The maximum Gasteiger partial charge on any atom is 0.133 e. The fraction of sp³-hybridized carbons (Fsp3) is 0.615. The topological polar surface area (TPSA) is 16.1 Å². The molecule has 1 unspecified atom stereocenters. The Labute approximate surface area is 113 Å². The predicted octanol–water partition coefficient (Wildman–Crippen LogP) is 3.38. The van der Waals surface area contributed by atoms with Crippen LogP contribution in [0.4, 0.5) is 5.82 Å². The highest BCUT2D eigenvalue weighted by atomic mass is 35.5. The summed E-state index contributed by atoms with van der Waals surface area (Å²) in [6.45, 7) is 7.52. The van der Waals surface area contributed by atoms with E-state index in [1.165, 1.54) is 22.6 Å². The monoisotopic (exact) mass is 270 g/mol. The van der Waals surface area contributed by atoms with Gasteiger partial charge in [0.15, 0.2) is 0 Å². The minimum Gasteiger partial charge on any atom is -0.352 e. The number of hydrogen-bond donors (Lipinski definition) is 0. The zero-order valence-corrected chi connectivity index (χ0v) is 12.2. The van der Waals surface area contributed by atoms with Gasteiger partial charge in [-0.2, -0.15) is 11.8 Å². The van der Waals surface area contributed by atoms with Gasteiger partial charge in [-0.3, -0.25) is 0 Å². The average molecular weight is 271 g/mol. The second-order valence-corrected chi connectivity index (χ2v) is 6.05. The summed E-state index contributed by atoms with van der Waals surface area (Å²) in [5.41, 5.74) is 3.53. The maximum atomic E-state index is 6.08. The van der Waals surface area contributed by atoms with Crippen molar-refractivity contribution in [1.29, 1.82) is 0 Å². The van der Waals surface area contributed by atoms with Gasteiger partial charge >= 0.3 is 0 Å². The molecule has 1 atom stereocenters. The van der Waals surface area contributed by atoms with E-state index in [2.05, 4.69) is 31.7 Å². The molecule has 1 fully saturated rings. The van der Waals surface area contributed by atoms with Gasteiger partial charge in [0.1, 0.15) is 5.82 Å². The zero-order valence-electron chi connectivity index (χ0n) is 10.7. The molecule has 0 radical (unpaired) electrons. The number of rotatable bonds is 2. The minimum atomic E-state index is 0.546. The Morgan fingerprint density at radius 2 is 2.29 bits per heavy atom. The van der Waals surface area contributed by atoms with Crippen LogP contribution < -0.4 is 4.90 Å². The van der Waals surface area contributed by atoms with Gasteiger partial charge in [0.05, 0.1) is 5.88 Å². The summed E-state index contributed by atoms with van der Waals surface area (Å²) in [6.07, 6.45) is 0. The zero-order chi connectivity index (χ0) is 12.4. The van der Waals surface area contributed by atoms with Crippen LogP contribution in [0.25, 0.3) is 0 Å². The van der Waals surface area contributed by atoms with Crippen molar-refractivity contribution in [3.8, 4) is 0 Å². The van der Waals surface area contributed by atoms with Crippen LogP contribution >= 0.6 is 23.4 Å². The summed E-state index contributed by atoms with van der Waals surface area (Å²) in [4.78, 5) is 7.12. The van der Waals surface area contributed by atoms with Crippen molar-refractivity contribution in [2.75, 3.05) is 23.0 Å². The molecular weight excluding hydrogens is 252 g/mol. The normalized spacial score (nSPS) is 20.7. The van der Waals surface area contributed by atoms with Gasteiger partial charge in [-0.1, -0.05) is 0 Å². The van der Waals surface area contributed by atoms with Gasteiger partial charge in [0.25, 0.3) is 0 Å². The summed E-state index contributed by atoms with van der Waals surface area (Å²) in [7, 11) is 0. The standard InChI is InChI=1S/C13H19ClN2S/c1-9-6-10(2)15-13(12(9)7-14)16-4-5-17-8-11(16)3/h6,11H,4-5,7-8H2,1-3H3. The van der Waals surface area contributed by atoms with Gasteiger partial charge in [-0.15, -0.1) is 11.6 Å². The molecule has 17 heavy (non-hydrogen) atoms. The largest absolute Gasteiger partial charge is 0.352 e. The third-order valence-electron chi connectivity index (χ3n) is 3.23. The Bertz CT molecular complexity index is 409. The van der Waals surface area contributed by atoms with E-state index in [1.807, 2.05) is 11.8 Å². The number of anilines is 1. The number of aryl methyl sites for hydroxylation is 2. The number of aromatic nitrogens is 1. The van der Waals surface area contributed by atoms with Crippen molar-refractivity contribution in [3.05, 3.63) is 22.9 Å². The van der Waals surface area contributed by atoms with Crippen LogP contribution in [-0.4, -0.2) is 29.1 Å². The third kappa shape index (κ3) is 2.71. The molecule has 2 nitrogen and oxygen atoms in total. The second-order valence-electron chi connectivity index (χ2n) is 4.63. The summed E-state index contributed by atoms with van der Waals surface area (Å²) < 4.78 is 0. The average Bonchev–Trinajstić information content (AvgIpc) is 2.28. The SMILES string of the molecule is Cc1cc(C)c(CCl)c(N2CCSCC2C)n1. The molecule has 0 bridgehead atoms. The highest BCUT2D eigenvalue weighted by Crippen LogP contribution is 2.29. The van der Waals surface area contributed by atoms with E-state index in [1.54, 1.807) is 0 Å². The fourth-order valence-electron chi connectivity index (χ4n) is 2.29. The molecule has 1 saturated heterocycles. The molecule has 1 aromatic rings. The predicted molar refractivity (Wildman–Crippen MR) is 77.4 cm³/mol. The van der Waals surface area contributed by atoms with Crippen molar-refractivity contribution < 1.29 is 0 Å². The van der Waals surface area contributed by atoms with Crippen LogP contribution in [0.2, 0.25) is 0 Å². The first kappa shape index (κ1) is 13.0. The Kier molecular flexibility index (Phi) is 4.21. The molecule has 2 rings (SSSR count). The number of hydrogen-bond acceptors (Lipinski definition) is 3. The Balaban J connectivity index is 2.42. The lowest BCUT2D eigenvalue weighted by atomic mass is 10.1. The highest BCUT2D eigenvalue weighted by Gasteiger charge is 2.23. The van der Waals surface area contributed by atoms with Gasteiger partial charge in [-0.05, 0) is 32.4 Å². The molecule has 94 valence electrons. The van der Waals surface area contributed by atoms with E-state index in [-0.39, 0.29) is 0 Å². The summed E-state index contributed by atoms with van der Waals surface area (Å²) in [5.74, 6) is 4.01. The lowest BCUT2D eigenvalue weighted by Gasteiger charge is -2.35. The van der Waals surface area contributed by atoms with Gasteiger partial charge < -0.3 is 4.90 Å². The van der Waals surface area contributed by atoms with E-state index >= 15 is 0 Å². The third-order valence-corrected chi connectivity index (χ3v) is 4.68. The Hall–Kier alpha value is -0.410. The first-order valence-electron chi connectivity index (χ1n) is 6.01. The van der Waals surface area contributed by atoms with Crippen molar-refractivity contribution in [2.45, 2.75) is 32.7 Å². The van der Waals surface area contributed by atoms with Crippen molar-refractivity contribution in [2.24, 2.45) is 0 Å². The molecular formula is C13H19ClN2S. The van der Waals surface area contributed by atoms with Crippen LogP contribution in [0.1, 0.15) is 23.7 Å². The molecule has 4 heteroatoms. The number of halogens is 1. The van der Waals surface area contributed by atoms with E-state index in [0.29, 0.717) is 11.9 Å². The summed E-state index contributed by atoms with van der Waals surface area (Å²) in [6, 6.07) is 2.66. The van der Waals surface area contributed by atoms with Crippen LogP contribution in [0.5, 0.6) is 0 Å². The van der Waals surface area contributed by atoms with E-state index in [0.717, 1.165) is 18.1 Å². The second kappa shape index (κ2) is 5.49. The van der Waals surface area contributed by atoms with Crippen LogP contribution in [-0.2, 0) is 5.88 Å². The van der Waals surface area contributed by atoms with Gasteiger partial charge in [0, 0.05) is 35.3 Å². The number of nitrogens with zero attached hydrogens (tertiary/aromatic N) is 2. The maximum absolute atomic E-state index is 6.08. The van der Waals surface area contributed by atoms with Gasteiger partial charge in [-0.25, -0.2) is 4.98 Å². The minimum absolute atomic E-state index is 0.546. The molecule has 0 N–H and O–H groups in total. The highest BCUT2D eigenvalue weighted by molar-refractivity contribution is 7.99. The number of alkyl halides is 1. The molecule has 2 heterocycles. The van der Waals surface area contributed by atoms with Gasteiger partial charge in [0.2, 0.25) is 0 Å². The van der Waals surface area contributed by atoms with Crippen LogP contribution in [0.3, 0.4) is 0 Å². The molecule has 0 aromatic carbocycles. The van der Waals surface area contributed by atoms with Crippen molar-refractivity contribution >= 4 is 29.2 Å². The smallest absolute Gasteiger partial charge is 0.133 e. The van der Waals surface area contributed by atoms with E-state index in [9.17, 15) is 0 Å². The fourth-order valence-corrected chi connectivity index (χ4v) is 3.63. The van der Waals surface area contributed by atoms with Crippen LogP contribution in [0.15, 0.2) is 6.07 Å². The molecule has 0 aliphatic carbocycles. The van der Waals surface area contributed by atoms with Crippen LogP contribution in [0, 0.1) is 13.8 Å². The van der Waals surface area contributed by atoms with E-state index in [4.69, 9.17) is 16.6 Å². The summed E-state index contributed by atoms with van der Waals surface area (Å²) >= 11 is 8.11. The first-order valence-corrected chi connectivity index (χ1v) is 7.70. The molecule has 1 aromatic heterocycles. The Morgan fingerprint density at radius 3 is 2.94 bits per heavy atom. The van der Waals surface area contributed by atoms with E-state index < -0.39 is 0 Å².